The van der Waals surface area contributed by atoms with Crippen molar-refractivity contribution in [1.82, 2.24) is 20.9 Å². The maximum atomic E-state index is 14.0. The van der Waals surface area contributed by atoms with E-state index in [4.69, 9.17) is 15.5 Å². The summed E-state index contributed by atoms with van der Waals surface area (Å²) in [5.74, 6) is -2.53. The van der Waals surface area contributed by atoms with Gasteiger partial charge in [0.2, 0.25) is 29.5 Å². The zero-order chi connectivity index (χ0) is 47.2. The fourth-order valence-electron chi connectivity index (χ4n) is 8.72. The van der Waals surface area contributed by atoms with Crippen LogP contribution in [0.15, 0.2) is 24.3 Å². The molecular formula is C49H86N5O9P. The molecular weight excluding hydrogens is 834 g/mol. The Kier molecular flexibility index (Phi) is 29.3. The number of nitrogens with zero attached hydrogens (tertiary/aromatic N) is 1. The van der Waals surface area contributed by atoms with Crippen LogP contribution in [0.5, 0.6) is 5.75 Å². The predicted molar refractivity (Wildman–Crippen MR) is 254 cm³/mol. The molecule has 15 heteroatoms. The Morgan fingerprint density at radius 2 is 1.28 bits per heavy atom. The van der Waals surface area contributed by atoms with Crippen molar-refractivity contribution >= 4 is 37.4 Å². The third kappa shape index (κ3) is 23.6. The molecule has 3 rings (SSSR count). The molecule has 0 aromatic heterocycles. The van der Waals surface area contributed by atoms with Gasteiger partial charge in [-0.3, -0.25) is 33.8 Å². The highest BCUT2D eigenvalue weighted by Gasteiger charge is 2.44. The van der Waals surface area contributed by atoms with Gasteiger partial charge in [-0.1, -0.05) is 162 Å². The van der Waals surface area contributed by atoms with Crippen LogP contribution in [0.3, 0.4) is 0 Å². The van der Waals surface area contributed by atoms with E-state index in [0.29, 0.717) is 38.6 Å². The van der Waals surface area contributed by atoms with Crippen LogP contribution in [0.2, 0.25) is 0 Å². The van der Waals surface area contributed by atoms with Crippen molar-refractivity contribution in [2.75, 3.05) is 6.54 Å². The third-order valence-electron chi connectivity index (χ3n) is 12.5. The van der Waals surface area contributed by atoms with Gasteiger partial charge in [0.25, 0.3) is 0 Å². The topological polar surface area (TPSA) is 217 Å². The van der Waals surface area contributed by atoms with Crippen molar-refractivity contribution in [1.29, 1.82) is 0 Å². The van der Waals surface area contributed by atoms with Crippen molar-refractivity contribution in [3.8, 4) is 5.75 Å². The number of benzene rings is 1. The van der Waals surface area contributed by atoms with Crippen molar-refractivity contribution in [2.24, 2.45) is 11.7 Å². The van der Waals surface area contributed by atoms with E-state index in [2.05, 4.69) is 41.2 Å². The molecule has 2 heterocycles. The van der Waals surface area contributed by atoms with E-state index in [0.717, 1.165) is 56.9 Å². The second-order valence-electron chi connectivity index (χ2n) is 18.0. The minimum Gasteiger partial charge on any atom is -0.404 e. The summed E-state index contributed by atoms with van der Waals surface area (Å²) in [7, 11) is -4.69. The van der Waals surface area contributed by atoms with Gasteiger partial charge in [-0.05, 0) is 69.1 Å². The van der Waals surface area contributed by atoms with E-state index in [1.807, 2.05) is 6.92 Å². The van der Waals surface area contributed by atoms with Crippen LogP contribution in [0.1, 0.15) is 207 Å². The number of hydrogen-bond acceptors (Lipinski definition) is 7. The summed E-state index contributed by atoms with van der Waals surface area (Å²) in [6.45, 7) is 9.02. The summed E-state index contributed by atoms with van der Waals surface area (Å²) in [5.41, 5.74) is 6.11. The summed E-state index contributed by atoms with van der Waals surface area (Å²) in [5, 5.41) is 8.61. The first-order valence-corrected chi connectivity index (χ1v) is 26.6. The molecule has 7 N–H and O–H groups in total. The van der Waals surface area contributed by atoms with Crippen molar-refractivity contribution in [3.63, 3.8) is 0 Å². The van der Waals surface area contributed by atoms with Crippen LogP contribution in [0, 0.1) is 5.92 Å². The largest absolute Gasteiger partial charge is 0.524 e. The fraction of sp³-hybridized carbons (Fsp3) is 0.776. The molecule has 5 amide bonds. The van der Waals surface area contributed by atoms with Gasteiger partial charge in [-0.25, -0.2) is 4.57 Å². The summed E-state index contributed by atoms with van der Waals surface area (Å²) < 4.78 is 15.7. The van der Waals surface area contributed by atoms with Crippen LogP contribution in [-0.2, 0) is 35.0 Å². The van der Waals surface area contributed by atoms with Crippen LogP contribution in [-0.4, -0.2) is 74.9 Å². The molecule has 1 aromatic carbocycles. The number of rotatable bonds is 31. The van der Waals surface area contributed by atoms with Gasteiger partial charge in [0, 0.05) is 24.9 Å². The molecule has 1 unspecified atom stereocenters. The minimum absolute atomic E-state index is 0.00563. The average Bonchev–Trinajstić information content (AvgIpc) is 3.68. The quantitative estimate of drug-likeness (QED) is 0.0309. The molecule has 5 atom stereocenters. The molecule has 0 bridgehead atoms. The molecule has 0 radical (unpaired) electrons. The number of nitrogens with two attached hydrogens (primary N) is 1. The SMILES string of the molecule is CCCCCCCCCCCCCCC.CCCCCCCNC(=O)[C@H](CCC(N)=O)NC(=O)[C@@H]1CCC2CCCC[C@H](NC(=O)[C@@H](CC)Cc3ccc(OP(=O)(O)O)cc3)C(=O)N21. The van der Waals surface area contributed by atoms with E-state index in [1.165, 1.54) is 95.6 Å². The van der Waals surface area contributed by atoms with E-state index in [1.54, 1.807) is 17.0 Å². The number of phosphoric ester groups is 1. The van der Waals surface area contributed by atoms with Gasteiger partial charge in [0.1, 0.15) is 23.9 Å². The number of hydrogen-bond donors (Lipinski definition) is 6. The lowest BCUT2D eigenvalue weighted by Crippen LogP contribution is -2.58. The number of carbonyl (C=O) groups excluding carboxylic acids is 5. The van der Waals surface area contributed by atoms with Crippen molar-refractivity contribution < 1.29 is 42.8 Å². The molecule has 0 saturated carbocycles. The Hall–Kier alpha value is -3.48. The van der Waals surface area contributed by atoms with Crippen LogP contribution >= 0.6 is 7.82 Å². The first-order chi connectivity index (χ1) is 30.7. The second-order valence-corrected chi connectivity index (χ2v) is 19.2. The lowest BCUT2D eigenvalue weighted by atomic mass is 9.94. The minimum atomic E-state index is -4.69. The first-order valence-electron chi connectivity index (χ1n) is 25.1. The molecule has 2 saturated heterocycles. The number of amides is 5. The summed E-state index contributed by atoms with van der Waals surface area (Å²) in [6.07, 6.45) is 28.6. The van der Waals surface area contributed by atoms with Crippen LogP contribution < -0.4 is 26.2 Å². The molecule has 2 aliphatic rings. The fourth-order valence-corrected chi connectivity index (χ4v) is 9.12. The number of phosphoric acid groups is 1. The maximum absolute atomic E-state index is 14.0. The third-order valence-corrected chi connectivity index (χ3v) is 13.0. The van der Waals surface area contributed by atoms with E-state index in [-0.39, 0.29) is 36.4 Å². The Morgan fingerprint density at radius 1 is 0.750 bits per heavy atom. The van der Waals surface area contributed by atoms with Gasteiger partial charge in [0.05, 0.1) is 0 Å². The van der Waals surface area contributed by atoms with Crippen molar-refractivity contribution in [3.05, 3.63) is 29.8 Å². The molecule has 1 aromatic rings. The maximum Gasteiger partial charge on any atom is 0.524 e. The predicted octanol–water partition coefficient (Wildman–Crippen LogP) is 9.08. The van der Waals surface area contributed by atoms with Gasteiger partial charge < -0.3 is 31.1 Å². The first kappa shape index (κ1) is 56.6. The number of primary amides is 1. The van der Waals surface area contributed by atoms with E-state index < -0.39 is 49.6 Å². The highest BCUT2D eigenvalue weighted by atomic mass is 31.2. The number of unbranched alkanes of at least 4 members (excludes halogenated alkanes) is 16. The Bertz CT molecular complexity index is 1530. The molecule has 14 nitrogen and oxygen atoms in total. The molecule has 64 heavy (non-hydrogen) atoms. The molecule has 0 aliphatic carbocycles. The lowest BCUT2D eigenvalue weighted by molar-refractivity contribution is -0.145. The smallest absolute Gasteiger partial charge is 0.404 e. The van der Waals surface area contributed by atoms with Crippen LogP contribution in [0.25, 0.3) is 0 Å². The summed E-state index contributed by atoms with van der Waals surface area (Å²) >= 11 is 0. The molecule has 0 spiro atoms. The number of nitrogens with one attached hydrogen (secondary N) is 3. The van der Waals surface area contributed by atoms with Gasteiger partial charge in [-0.15, -0.1) is 0 Å². The number of carbonyl (C=O) groups is 5. The standard InChI is InChI=1S/C34H54N5O9P.C15H32/c1-3-5-6-7-10-21-36-32(42)27(18-20-30(35)40)37-33(43)29-19-15-25-11-8-9-12-28(34(44)39(25)29)38-31(41)24(4-2)22-23-13-16-26(17-14-23)48-49(45,46)47;1-3-5-7-9-11-13-15-14-12-10-8-6-4-2/h13-14,16-17,24-25,27-29H,3-12,15,18-22H2,1-2H3,(H2,35,40)(H,36,42)(H,37,43)(H,38,41)(H2,45,46,47);3-15H2,1-2H3/t24-,25?,27-,28-,29-;/m0./s1. The van der Waals surface area contributed by atoms with Gasteiger partial charge in [0.15, 0.2) is 0 Å². The summed E-state index contributed by atoms with van der Waals surface area (Å²) in [4.78, 5) is 85.5. The Balaban J connectivity index is 0.000000799. The zero-order valence-corrected chi connectivity index (χ0v) is 40.8. The Morgan fingerprint density at radius 3 is 1.80 bits per heavy atom. The number of fused-ring (bicyclic) bond motifs is 1. The molecule has 366 valence electrons. The Labute approximate surface area is 385 Å². The highest BCUT2D eigenvalue weighted by molar-refractivity contribution is 7.46. The van der Waals surface area contributed by atoms with E-state index in [9.17, 15) is 28.5 Å². The second kappa shape index (κ2) is 33.1. The van der Waals surface area contributed by atoms with Crippen LogP contribution in [0.4, 0.5) is 0 Å². The molecule has 2 aliphatic heterocycles. The average molecular weight is 920 g/mol. The summed E-state index contributed by atoms with van der Waals surface area (Å²) in [6, 6.07) is 3.33. The monoisotopic (exact) mass is 920 g/mol. The zero-order valence-electron chi connectivity index (χ0n) is 39.9. The van der Waals surface area contributed by atoms with Gasteiger partial charge in [-0.2, -0.15) is 0 Å². The normalized spacial score (nSPS) is 18.4. The highest BCUT2D eigenvalue weighted by Crippen LogP contribution is 2.37. The van der Waals surface area contributed by atoms with Crippen molar-refractivity contribution in [2.45, 2.75) is 232 Å². The van der Waals surface area contributed by atoms with E-state index >= 15 is 0 Å². The van der Waals surface area contributed by atoms with Gasteiger partial charge >= 0.3 is 7.82 Å². The lowest BCUT2D eigenvalue weighted by Gasteiger charge is -2.36. The molecule has 2 fully saturated rings.